The standard InChI is InChI=1S/C19H25N5O/c25-19(24-13-4-7-17(24)15-23-12-5-10-21-23)16-6-3-11-22(14-16)18-8-1-2-9-20-18/h1-2,5,8-10,12,16-17H,3-4,6-7,11,13-15H2/t16-,17-/m0/s1. The molecular weight excluding hydrogens is 314 g/mol. The lowest BCUT2D eigenvalue weighted by atomic mass is 9.96. The summed E-state index contributed by atoms with van der Waals surface area (Å²) in [5.74, 6) is 1.37. The molecule has 2 aliphatic rings. The molecule has 1 amide bonds. The van der Waals surface area contributed by atoms with Crippen LogP contribution in [0, 0.1) is 5.92 Å². The van der Waals surface area contributed by atoms with Crippen molar-refractivity contribution in [3.05, 3.63) is 42.9 Å². The summed E-state index contributed by atoms with van der Waals surface area (Å²) in [4.78, 5) is 22.0. The number of aromatic nitrogens is 3. The van der Waals surface area contributed by atoms with E-state index in [0.29, 0.717) is 5.91 Å². The van der Waals surface area contributed by atoms with Crippen LogP contribution >= 0.6 is 0 Å². The quantitative estimate of drug-likeness (QED) is 0.857. The molecule has 25 heavy (non-hydrogen) atoms. The first kappa shape index (κ1) is 16.1. The average Bonchev–Trinajstić information content (AvgIpc) is 3.34. The molecule has 132 valence electrons. The van der Waals surface area contributed by atoms with Gasteiger partial charge in [0.1, 0.15) is 5.82 Å². The van der Waals surface area contributed by atoms with Crippen LogP contribution in [0.5, 0.6) is 0 Å². The Kier molecular flexibility index (Phi) is 4.68. The van der Waals surface area contributed by atoms with Gasteiger partial charge in [0, 0.05) is 38.2 Å². The molecule has 0 spiro atoms. The van der Waals surface area contributed by atoms with Crippen LogP contribution in [0.25, 0.3) is 0 Å². The van der Waals surface area contributed by atoms with Crippen molar-refractivity contribution in [3.8, 4) is 0 Å². The number of likely N-dealkylation sites (tertiary alicyclic amines) is 1. The largest absolute Gasteiger partial charge is 0.356 e. The molecule has 2 saturated heterocycles. The highest BCUT2D eigenvalue weighted by molar-refractivity contribution is 5.80. The van der Waals surface area contributed by atoms with Crippen molar-refractivity contribution in [1.29, 1.82) is 0 Å². The van der Waals surface area contributed by atoms with Crippen LogP contribution < -0.4 is 4.90 Å². The molecule has 2 fully saturated rings. The Labute approximate surface area is 148 Å². The van der Waals surface area contributed by atoms with Gasteiger partial charge in [-0.3, -0.25) is 9.48 Å². The Morgan fingerprint density at radius 1 is 1.12 bits per heavy atom. The highest BCUT2D eigenvalue weighted by Gasteiger charge is 2.35. The van der Waals surface area contributed by atoms with Crippen LogP contribution in [0.15, 0.2) is 42.9 Å². The molecule has 6 heteroatoms. The highest BCUT2D eigenvalue weighted by atomic mass is 16.2. The summed E-state index contributed by atoms with van der Waals surface area (Å²) in [6.07, 6.45) is 9.78. The first-order valence-electron chi connectivity index (χ1n) is 9.25. The third-order valence-electron chi connectivity index (χ3n) is 5.36. The van der Waals surface area contributed by atoms with E-state index in [9.17, 15) is 4.79 Å². The lowest BCUT2D eigenvalue weighted by Crippen LogP contribution is -2.47. The molecule has 0 bridgehead atoms. The van der Waals surface area contributed by atoms with Crippen LogP contribution in [-0.2, 0) is 11.3 Å². The lowest BCUT2D eigenvalue weighted by molar-refractivity contribution is -0.136. The molecule has 2 aromatic heterocycles. The minimum absolute atomic E-state index is 0.0778. The maximum absolute atomic E-state index is 13.2. The Morgan fingerprint density at radius 3 is 2.84 bits per heavy atom. The Balaban J connectivity index is 1.42. The minimum atomic E-state index is 0.0778. The first-order valence-corrected chi connectivity index (χ1v) is 9.25. The van der Waals surface area contributed by atoms with Crippen LogP contribution in [0.3, 0.4) is 0 Å². The van der Waals surface area contributed by atoms with E-state index in [-0.39, 0.29) is 12.0 Å². The van der Waals surface area contributed by atoms with Gasteiger partial charge in [0.15, 0.2) is 0 Å². The lowest BCUT2D eigenvalue weighted by Gasteiger charge is -2.36. The van der Waals surface area contributed by atoms with Gasteiger partial charge in [0.25, 0.3) is 0 Å². The van der Waals surface area contributed by atoms with E-state index >= 15 is 0 Å². The van der Waals surface area contributed by atoms with E-state index in [1.54, 1.807) is 6.20 Å². The molecule has 0 radical (unpaired) electrons. The van der Waals surface area contributed by atoms with E-state index in [4.69, 9.17) is 0 Å². The van der Waals surface area contributed by atoms with Crippen molar-refractivity contribution < 1.29 is 4.79 Å². The normalized spacial score (nSPS) is 23.8. The second kappa shape index (κ2) is 7.25. The van der Waals surface area contributed by atoms with Gasteiger partial charge < -0.3 is 9.80 Å². The van der Waals surface area contributed by atoms with Crippen LogP contribution in [-0.4, -0.2) is 51.2 Å². The first-order chi connectivity index (χ1) is 12.3. The zero-order chi connectivity index (χ0) is 17.1. The van der Waals surface area contributed by atoms with Gasteiger partial charge >= 0.3 is 0 Å². The number of piperidine rings is 1. The predicted octanol–water partition coefficient (Wildman–Crippen LogP) is 2.19. The third-order valence-corrected chi connectivity index (χ3v) is 5.36. The van der Waals surface area contributed by atoms with Crippen LogP contribution in [0.1, 0.15) is 25.7 Å². The summed E-state index contributed by atoms with van der Waals surface area (Å²) in [6.45, 7) is 3.44. The van der Waals surface area contributed by atoms with Gasteiger partial charge in [-0.2, -0.15) is 5.10 Å². The van der Waals surface area contributed by atoms with Gasteiger partial charge in [0.2, 0.25) is 5.91 Å². The molecule has 0 saturated carbocycles. The molecular formula is C19H25N5O. The van der Waals surface area contributed by atoms with E-state index in [1.165, 1.54) is 0 Å². The number of pyridine rings is 1. The SMILES string of the molecule is O=C([C@H]1CCCN(c2ccccn2)C1)N1CCC[C@H]1Cn1cccn1. The third kappa shape index (κ3) is 3.52. The molecule has 4 rings (SSSR count). The van der Waals surface area contributed by atoms with Crippen molar-refractivity contribution in [2.45, 2.75) is 38.3 Å². The Morgan fingerprint density at radius 2 is 2.04 bits per heavy atom. The van der Waals surface area contributed by atoms with Crippen molar-refractivity contribution in [2.24, 2.45) is 5.92 Å². The zero-order valence-electron chi connectivity index (χ0n) is 14.5. The zero-order valence-corrected chi connectivity index (χ0v) is 14.5. The topological polar surface area (TPSA) is 54.3 Å². The number of anilines is 1. The summed E-state index contributed by atoms with van der Waals surface area (Å²) < 4.78 is 1.94. The summed E-state index contributed by atoms with van der Waals surface area (Å²) in [5.41, 5.74) is 0. The predicted molar refractivity (Wildman–Crippen MR) is 96.1 cm³/mol. The maximum atomic E-state index is 13.2. The summed E-state index contributed by atoms with van der Waals surface area (Å²) in [5, 5.41) is 4.30. The molecule has 6 nitrogen and oxygen atoms in total. The maximum Gasteiger partial charge on any atom is 0.227 e. The number of hydrogen-bond donors (Lipinski definition) is 0. The van der Waals surface area contributed by atoms with Gasteiger partial charge in [-0.15, -0.1) is 0 Å². The highest BCUT2D eigenvalue weighted by Crippen LogP contribution is 2.27. The molecule has 2 atom stereocenters. The average molecular weight is 339 g/mol. The second-order valence-corrected chi connectivity index (χ2v) is 7.03. The Bertz CT molecular complexity index is 687. The van der Waals surface area contributed by atoms with E-state index in [0.717, 1.165) is 57.7 Å². The molecule has 0 unspecified atom stereocenters. The molecule has 0 aromatic carbocycles. The van der Waals surface area contributed by atoms with Gasteiger partial charge in [-0.05, 0) is 43.9 Å². The molecule has 2 aromatic rings. The van der Waals surface area contributed by atoms with Crippen LogP contribution in [0.4, 0.5) is 5.82 Å². The van der Waals surface area contributed by atoms with Crippen molar-refractivity contribution in [3.63, 3.8) is 0 Å². The van der Waals surface area contributed by atoms with Gasteiger partial charge in [0.05, 0.1) is 18.5 Å². The van der Waals surface area contributed by atoms with Crippen molar-refractivity contribution >= 4 is 11.7 Å². The van der Waals surface area contributed by atoms with Gasteiger partial charge in [-0.25, -0.2) is 4.98 Å². The Hall–Kier alpha value is -2.37. The summed E-state index contributed by atoms with van der Waals surface area (Å²) in [6, 6.07) is 8.18. The molecule has 4 heterocycles. The number of carbonyl (C=O) groups is 1. The summed E-state index contributed by atoms with van der Waals surface area (Å²) >= 11 is 0. The monoisotopic (exact) mass is 339 g/mol. The van der Waals surface area contributed by atoms with Crippen LogP contribution in [0.2, 0.25) is 0 Å². The fourth-order valence-corrected chi connectivity index (χ4v) is 4.10. The summed E-state index contributed by atoms with van der Waals surface area (Å²) in [7, 11) is 0. The minimum Gasteiger partial charge on any atom is -0.356 e. The fourth-order valence-electron chi connectivity index (χ4n) is 4.10. The van der Waals surface area contributed by atoms with Gasteiger partial charge in [-0.1, -0.05) is 6.07 Å². The number of nitrogens with zero attached hydrogens (tertiary/aromatic N) is 5. The molecule has 0 N–H and O–H groups in total. The van der Waals surface area contributed by atoms with Crippen molar-refractivity contribution in [1.82, 2.24) is 19.7 Å². The molecule has 2 aliphatic heterocycles. The van der Waals surface area contributed by atoms with E-state index in [2.05, 4.69) is 19.9 Å². The van der Waals surface area contributed by atoms with E-state index in [1.807, 2.05) is 41.3 Å². The van der Waals surface area contributed by atoms with Crippen molar-refractivity contribution in [2.75, 3.05) is 24.5 Å². The number of hydrogen-bond acceptors (Lipinski definition) is 4. The fraction of sp³-hybridized carbons (Fsp3) is 0.526. The number of carbonyl (C=O) groups excluding carboxylic acids is 1. The van der Waals surface area contributed by atoms with E-state index < -0.39 is 0 Å². The molecule has 0 aliphatic carbocycles. The second-order valence-electron chi connectivity index (χ2n) is 7.03. The smallest absolute Gasteiger partial charge is 0.227 e. The number of rotatable bonds is 4. The number of amides is 1.